The third kappa shape index (κ3) is 3.25. The number of halogens is 1. The van der Waals surface area contributed by atoms with E-state index in [2.05, 4.69) is 20.7 Å². The molecule has 0 amide bonds. The van der Waals surface area contributed by atoms with E-state index in [1.54, 1.807) is 18.4 Å². The highest BCUT2D eigenvalue weighted by Crippen LogP contribution is 2.28. The van der Waals surface area contributed by atoms with Gasteiger partial charge in [-0.2, -0.15) is 4.72 Å². The van der Waals surface area contributed by atoms with E-state index >= 15 is 0 Å². The van der Waals surface area contributed by atoms with Crippen LogP contribution < -0.4 is 10.5 Å². The van der Waals surface area contributed by atoms with Crippen LogP contribution in [0.5, 0.6) is 0 Å². The van der Waals surface area contributed by atoms with Gasteiger partial charge < -0.3 is 5.73 Å². The van der Waals surface area contributed by atoms with Crippen LogP contribution in [0.4, 0.5) is 0 Å². The molecule has 4 nitrogen and oxygen atoms in total. The van der Waals surface area contributed by atoms with Crippen LogP contribution in [0, 0.1) is 0 Å². The summed E-state index contributed by atoms with van der Waals surface area (Å²) >= 11 is 9.24. The van der Waals surface area contributed by atoms with Crippen molar-refractivity contribution in [2.45, 2.75) is 30.0 Å². The van der Waals surface area contributed by atoms with E-state index in [1.165, 1.54) is 0 Å². The minimum atomic E-state index is -3.61. The van der Waals surface area contributed by atoms with Crippen molar-refractivity contribution in [3.8, 4) is 0 Å². The quantitative estimate of drug-likeness (QED) is 0.793. The van der Waals surface area contributed by atoms with Crippen molar-refractivity contribution >= 4 is 54.5 Å². The van der Waals surface area contributed by atoms with Crippen molar-refractivity contribution in [3.63, 3.8) is 0 Å². The van der Waals surface area contributed by atoms with Gasteiger partial charge in [0.25, 0.3) is 10.0 Å². The smallest absolute Gasteiger partial charge is 0.252 e. The van der Waals surface area contributed by atoms with Gasteiger partial charge in [0.05, 0.1) is 10.5 Å². The number of thiocarbonyl (C=S) groups is 1. The molecule has 1 atom stereocenters. The highest BCUT2D eigenvalue weighted by molar-refractivity contribution is 9.10. The summed E-state index contributed by atoms with van der Waals surface area (Å²) in [6.07, 6.45) is 0.491. The Morgan fingerprint density at radius 3 is 2.65 bits per heavy atom. The van der Waals surface area contributed by atoms with Gasteiger partial charge in [-0.1, -0.05) is 19.1 Å². The lowest BCUT2D eigenvalue weighted by Crippen LogP contribution is -2.53. The molecule has 3 N–H and O–H groups in total. The first-order chi connectivity index (χ1) is 7.73. The summed E-state index contributed by atoms with van der Waals surface area (Å²) in [6.45, 7) is 3.50. The number of sulfonamides is 1. The van der Waals surface area contributed by atoms with Crippen LogP contribution in [0.25, 0.3) is 0 Å². The first kappa shape index (κ1) is 15.0. The van der Waals surface area contributed by atoms with Gasteiger partial charge in [-0.05, 0) is 40.7 Å². The lowest BCUT2D eigenvalue weighted by Gasteiger charge is -2.27. The van der Waals surface area contributed by atoms with Crippen LogP contribution in [0.1, 0.15) is 20.3 Å². The maximum Gasteiger partial charge on any atom is 0.252 e. The predicted molar refractivity (Wildman–Crippen MR) is 77.8 cm³/mol. The number of nitrogens with two attached hydrogens (primary N) is 1. The first-order valence-electron chi connectivity index (χ1n) is 4.80. The molecule has 1 aromatic heterocycles. The van der Waals surface area contributed by atoms with Crippen LogP contribution in [0.15, 0.2) is 20.1 Å². The third-order valence-corrected chi connectivity index (χ3v) is 7.16. The van der Waals surface area contributed by atoms with Gasteiger partial charge in [0, 0.05) is 4.47 Å². The summed E-state index contributed by atoms with van der Waals surface area (Å²) in [4.78, 5) is 0.135. The molecule has 8 heteroatoms. The average molecular weight is 357 g/mol. The lowest BCUT2D eigenvalue weighted by molar-refractivity contribution is 0.512. The molecular formula is C9H13BrN2O2S3. The van der Waals surface area contributed by atoms with Gasteiger partial charge >= 0.3 is 0 Å². The highest BCUT2D eigenvalue weighted by atomic mass is 79.9. The summed E-state index contributed by atoms with van der Waals surface area (Å²) in [5.41, 5.74) is 4.67. The molecule has 0 saturated carbocycles. The van der Waals surface area contributed by atoms with E-state index < -0.39 is 15.6 Å². The molecule has 1 unspecified atom stereocenters. The Balaban J connectivity index is 3.11. The van der Waals surface area contributed by atoms with Crippen LogP contribution in [-0.4, -0.2) is 18.9 Å². The van der Waals surface area contributed by atoms with Crippen molar-refractivity contribution in [2.24, 2.45) is 5.73 Å². The van der Waals surface area contributed by atoms with E-state index in [4.69, 9.17) is 18.0 Å². The topological polar surface area (TPSA) is 72.2 Å². The third-order valence-electron chi connectivity index (χ3n) is 2.44. The molecular weight excluding hydrogens is 344 g/mol. The van der Waals surface area contributed by atoms with Crippen LogP contribution in [0.2, 0.25) is 0 Å². The van der Waals surface area contributed by atoms with E-state index in [0.29, 0.717) is 10.9 Å². The van der Waals surface area contributed by atoms with Gasteiger partial charge in [-0.25, -0.2) is 8.42 Å². The Hall–Kier alpha value is -0.0200. The van der Waals surface area contributed by atoms with E-state index in [0.717, 1.165) is 11.3 Å². The summed E-state index contributed by atoms with van der Waals surface area (Å²) < 4.78 is 27.6. The fourth-order valence-electron chi connectivity index (χ4n) is 1.11. The Kier molecular flexibility index (Phi) is 4.70. The van der Waals surface area contributed by atoms with E-state index in [-0.39, 0.29) is 9.20 Å². The van der Waals surface area contributed by atoms with Crippen LogP contribution >= 0.6 is 39.5 Å². The molecule has 0 aliphatic rings. The number of hydrogen-bond donors (Lipinski definition) is 2. The molecule has 1 rings (SSSR count). The Labute approximate surface area is 119 Å². The molecule has 0 aromatic carbocycles. The maximum atomic E-state index is 12.1. The highest BCUT2D eigenvalue weighted by Gasteiger charge is 2.33. The molecule has 0 fully saturated rings. The zero-order valence-corrected chi connectivity index (χ0v) is 13.4. The van der Waals surface area contributed by atoms with Gasteiger partial charge in [-0.15, -0.1) is 11.3 Å². The minimum Gasteiger partial charge on any atom is -0.392 e. The predicted octanol–water partition coefficient (Wildman–Crippen LogP) is 2.24. The Morgan fingerprint density at radius 2 is 2.29 bits per heavy atom. The Bertz CT molecular complexity index is 526. The molecule has 0 radical (unpaired) electrons. The molecule has 17 heavy (non-hydrogen) atoms. The summed E-state index contributed by atoms with van der Waals surface area (Å²) in [5, 5.41) is 1.70. The largest absolute Gasteiger partial charge is 0.392 e. The maximum absolute atomic E-state index is 12.1. The molecule has 0 aliphatic carbocycles. The zero-order valence-electron chi connectivity index (χ0n) is 9.36. The molecule has 1 heterocycles. The summed E-state index contributed by atoms with van der Waals surface area (Å²) in [7, 11) is -3.61. The Morgan fingerprint density at radius 1 is 1.71 bits per heavy atom. The number of nitrogens with one attached hydrogen (secondary N) is 1. The molecule has 0 spiro atoms. The second-order valence-electron chi connectivity index (χ2n) is 3.71. The number of hydrogen-bond acceptors (Lipinski definition) is 4. The standard InChI is InChI=1S/C9H13BrN2O2S3/c1-3-9(2,8(11)15)12-17(13,14)7-6(10)4-5-16-7/h4-5,12H,3H2,1-2H3,(H2,11,15). The van der Waals surface area contributed by atoms with Crippen molar-refractivity contribution in [1.82, 2.24) is 4.72 Å². The zero-order chi connectivity index (χ0) is 13.3. The summed E-state index contributed by atoms with van der Waals surface area (Å²) in [5.74, 6) is 0. The van der Waals surface area contributed by atoms with Crippen molar-refractivity contribution in [1.29, 1.82) is 0 Å². The molecule has 1 aromatic rings. The van der Waals surface area contributed by atoms with Crippen molar-refractivity contribution in [3.05, 3.63) is 15.9 Å². The monoisotopic (exact) mass is 356 g/mol. The average Bonchev–Trinajstić information content (AvgIpc) is 2.64. The molecule has 0 bridgehead atoms. The normalized spacial score (nSPS) is 15.5. The van der Waals surface area contributed by atoms with Gasteiger partial charge in [0.1, 0.15) is 4.21 Å². The summed E-state index contributed by atoms with van der Waals surface area (Å²) in [6, 6.07) is 1.68. The minimum absolute atomic E-state index is 0.135. The SMILES string of the molecule is CCC(C)(NS(=O)(=O)c1sccc1Br)C(N)=S. The fraction of sp³-hybridized carbons (Fsp3) is 0.444. The first-order valence-corrected chi connectivity index (χ1v) is 8.36. The van der Waals surface area contributed by atoms with Crippen molar-refractivity contribution in [2.75, 3.05) is 0 Å². The van der Waals surface area contributed by atoms with E-state index in [1.807, 2.05) is 6.92 Å². The van der Waals surface area contributed by atoms with Gasteiger partial charge in [0.15, 0.2) is 0 Å². The van der Waals surface area contributed by atoms with E-state index in [9.17, 15) is 8.42 Å². The second kappa shape index (κ2) is 5.31. The van der Waals surface area contributed by atoms with Crippen LogP contribution in [-0.2, 0) is 10.0 Å². The molecule has 0 aliphatic heterocycles. The second-order valence-corrected chi connectivity index (χ2v) is 7.80. The van der Waals surface area contributed by atoms with Gasteiger partial charge in [-0.3, -0.25) is 0 Å². The molecule has 96 valence electrons. The molecule has 0 saturated heterocycles. The van der Waals surface area contributed by atoms with Gasteiger partial charge in [0.2, 0.25) is 0 Å². The van der Waals surface area contributed by atoms with Crippen molar-refractivity contribution < 1.29 is 8.42 Å². The number of rotatable bonds is 5. The number of thiophene rings is 1. The lowest BCUT2D eigenvalue weighted by atomic mass is 10.0. The fourth-order valence-corrected chi connectivity index (χ4v) is 5.17. The van der Waals surface area contributed by atoms with Crippen LogP contribution in [0.3, 0.4) is 0 Å².